The Morgan fingerprint density at radius 1 is 1.43 bits per heavy atom. The fourth-order valence-corrected chi connectivity index (χ4v) is 4.46. The molecule has 0 bridgehead atoms. The molecule has 1 atom stereocenters. The van der Waals surface area contributed by atoms with Crippen LogP contribution >= 0.6 is 11.6 Å². The highest BCUT2D eigenvalue weighted by Gasteiger charge is 2.25. The van der Waals surface area contributed by atoms with Crippen LogP contribution in [-0.2, 0) is 29.9 Å². The zero-order chi connectivity index (χ0) is 15.6. The van der Waals surface area contributed by atoms with Gasteiger partial charge in [-0.2, -0.15) is 5.10 Å². The van der Waals surface area contributed by atoms with E-state index in [-0.39, 0.29) is 11.7 Å². The summed E-state index contributed by atoms with van der Waals surface area (Å²) in [5.74, 6) is 0.513. The topological polar surface area (TPSA) is 55.2 Å². The van der Waals surface area contributed by atoms with Crippen LogP contribution in [0.5, 0.6) is 0 Å². The first-order valence-corrected chi connectivity index (χ1v) is 9.84. The highest BCUT2D eigenvalue weighted by atomic mass is 35.5. The van der Waals surface area contributed by atoms with E-state index < -0.39 is 9.84 Å². The first kappa shape index (κ1) is 16.8. The zero-order valence-electron chi connectivity index (χ0n) is 13.0. The van der Waals surface area contributed by atoms with E-state index in [1.807, 2.05) is 7.05 Å². The molecule has 1 saturated heterocycles. The summed E-state index contributed by atoms with van der Waals surface area (Å²) >= 11 is 6.33. The first-order valence-electron chi connectivity index (χ1n) is 7.40. The predicted molar refractivity (Wildman–Crippen MR) is 85.3 cm³/mol. The average Bonchev–Trinajstić information content (AvgIpc) is 2.65. The maximum Gasteiger partial charge on any atom is 0.147 e. The third-order valence-electron chi connectivity index (χ3n) is 4.01. The Kier molecular flexibility index (Phi) is 5.33. The molecule has 7 heteroatoms. The minimum atomic E-state index is -2.91. The molecule has 5 nitrogen and oxygen atoms in total. The lowest BCUT2D eigenvalue weighted by Crippen LogP contribution is -2.37. The highest BCUT2D eigenvalue weighted by molar-refractivity contribution is 7.90. The second-order valence-electron chi connectivity index (χ2n) is 6.03. The van der Waals surface area contributed by atoms with Gasteiger partial charge in [0.15, 0.2) is 0 Å². The Labute approximate surface area is 132 Å². The third kappa shape index (κ3) is 4.44. The van der Waals surface area contributed by atoms with E-state index in [1.165, 1.54) is 6.26 Å². The van der Waals surface area contributed by atoms with E-state index in [0.29, 0.717) is 5.15 Å². The van der Waals surface area contributed by atoms with Crippen molar-refractivity contribution in [2.24, 2.45) is 13.0 Å². The van der Waals surface area contributed by atoms with Crippen LogP contribution in [0.1, 0.15) is 31.0 Å². The van der Waals surface area contributed by atoms with Gasteiger partial charge in [-0.05, 0) is 31.7 Å². The summed E-state index contributed by atoms with van der Waals surface area (Å²) in [6, 6.07) is 0. The second-order valence-corrected chi connectivity index (χ2v) is 8.57. The number of likely N-dealkylation sites (tertiary alicyclic amines) is 1. The molecule has 0 aliphatic carbocycles. The molecule has 1 aromatic heterocycles. The number of rotatable bonds is 5. The van der Waals surface area contributed by atoms with Gasteiger partial charge in [0.25, 0.3) is 0 Å². The molecular weight excluding hydrogens is 310 g/mol. The van der Waals surface area contributed by atoms with Crippen LogP contribution in [0.4, 0.5) is 0 Å². The van der Waals surface area contributed by atoms with Crippen molar-refractivity contribution >= 4 is 21.4 Å². The maximum atomic E-state index is 11.5. The van der Waals surface area contributed by atoms with Crippen LogP contribution in [0.25, 0.3) is 0 Å². The molecule has 1 aliphatic rings. The monoisotopic (exact) mass is 333 g/mol. The van der Waals surface area contributed by atoms with E-state index in [2.05, 4.69) is 16.9 Å². The molecule has 0 unspecified atom stereocenters. The average molecular weight is 334 g/mol. The summed E-state index contributed by atoms with van der Waals surface area (Å²) in [4.78, 5) is 2.31. The molecule has 120 valence electrons. The molecule has 0 radical (unpaired) electrons. The molecule has 1 aromatic rings. The van der Waals surface area contributed by atoms with Crippen molar-refractivity contribution in [3.05, 3.63) is 16.4 Å². The fraction of sp³-hybridized carbons (Fsp3) is 0.786. The minimum Gasteiger partial charge on any atom is -0.299 e. The van der Waals surface area contributed by atoms with Crippen molar-refractivity contribution in [3.63, 3.8) is 0 Å². The molecule has 0 N–H and O–H groups in total. The minimum absolute atomic E-state index is 0.231. The Hall–Kier alpha value is -0.590. The van der Waals surface area contributed by atoms with Crippen molar-refractivity contribution in [2.75, 3.05) is 25.1 Å². The number of piperidine rings is 1. The normalized spacial score (nSPS) is 20.9. The van der Waals surface area contributed by atoms with Crippen molar-refractivity contribution in [1.82, 2.24) is 14.7 Å². The van der Waals surface area contributed by atoms with Crippen molar-refractivity contribution in [2.45, 2.75) is 32.7 Å². The van der Waals surface area contributed by atoms with E-state index in [1.54, 1.807) is 4.68 Å². The van der Waals surface area contributed by atoms with Crippen molar-refractivity contribution < 1.29 is 8.42 Å². The SMILES string of the molecule is CCc1nn(C)c(Cl)c1CN1CCC[C@@H](CS(C)(=O)=O)C1. The van der Waals surface area contributed by atoms with Gasteiger partial charge in [0.2, 0.25) is 0 Å². The number of nitrogens with zero attached hydrogens (tertiary/aromatic N) is 3. The number of hydrogen-bond acceptors (Lipinski definition) is 4. The number of aryl methyl sites for hydroxylation is 2. The van der Waals surface area contributed by atoms with Crippen LogP contribution in [0.3, 0.4) is 0 Å². The predicted octanol–water partition coefficient (Wildman–Crippen LogP) is 1.89. The second kappa shape index (κ2) is 6.67. The van der Waals surface area contributed by atoms with Gasteiger partial charge in [-0.1, -0.05) is 18.5 Å². The first-order chi connectivity index (χ1) is 9.80. The van der Waals surface area contributed by atoms with Gasteiger partial charge in [-0.3, -0.25) is 9.58 Å². The zero-order valence-corrected chi connectivity index (χ0v) is 14.5. The summed E-state index contributed by atoms with van der Waals surface area (Å²) < 4.78 is 24.7. The number of sulfone groups is 1. The Morgan fingerprint density at radius 2 is 2.14 bits per heavy atom. The Morgan fingerprint density at radius 3 is 2.76 bits per heavy atom. The van der Waals surface area contributed by atoms with Gasteiger partial charge in [-0.25, -0.2) is 8.42 Å². The van der Waals surface area contributed by atoms with Crippen LogP contribution in [0, 0.1) is 5.92 Å². The lowest BCUT2D eigenvalue weighted by molar-refractivity contribution is 0.177. The van der Waals surface area contributed by atoms with Gasteiger partial charge >= 0.3 is 0 Å². The van der Waals surface area contributed by atoms with Crippen molar-refractivity contribution in [1.29, 1.82) is 0 Å². The van der Waals surface area contributed by atoms with E-state index >= 15 is 0 Å². The van der Waals surface area contributed by atoms with Gasteiger partial charge in [0, 0.05) is 32.0 Å². The molecular formula is C14H24ClN3O2S. The summed E-state index contributed by atoms with van der Waals surface area (Å²) in [6.45, 7) is 4.65. The molecule has 2 heterocycles. The quantitative estimate of drug-likeness (QED) is 0.825. The fourth-order valence-electron chi connectivity index (χ4n) is 3.12. The van der Waals surface area contributed by atoms with Crippen LogP contribution in [0.15, 0.2) is 0 Å². The summed E-state index contributed by atoms with van der Waals surface area (Å²) in [5.41, 5.74) is 2.12. The lowest BCUT2D eigenvalue weighted by atomic mass is 9.99. The number of hydrogen-bond donors (Lipinski definition) is 0. The largest absolute Gasteiger partial charge is 0.299 e. The molecule has 2 rings (SSSR count). The van der Waals surface area contributed by atoms with Gasteiger partial charge in [-0.15, -0.1) is 0 Å². The molecule has 0 spiro atoms. The number of aromatic nitrogens is 2. The summed E-state index contributed by atoms with van der Waals surface area (Å²) in [5, 5.41) is 5.13. The smallest absolute Gasteiger partial charge is 0.147 e. The van der Waals surface area contributed by atoms with Crippen LogP contribution in [0.2, 0.25) is 5.15 Å². The molecule has 0 saturated carbocycles. The van der Waals surface area contributed by atoms with E-state index in [9.17, 15) is 8.42 Å². The van der Waals surface area contributed by atoms with E-state index in [0.717, 1.165) is 50.2 Å². The van der Waals surface area contributed by atoms with Crippen LogP contribution in [-0.4, -0.2) is 48.2 Å². The molecule has 21 heavy (non-hydrogen) atoms. The van der Waals surface area contributed by atoms with Gasteiger partial charge in [0.05, 0.1) is 11.4 Å². The van der Waals surface area contributed by atoms with Gasteiger partial charge < -0.3 is 0 Å². The Balaban J connectivity index is 2.06. The molecule has 1 fully saturated rings. The standard InChI is InChI=1S/C14H24ClN3O2S/c1-4-13-12(14(15)17(2)16-13)9-18-7-5-6-11(8-18)10-21(3,19)20/h11H,4-10H2,1-3H3/t11-/m1/s1. The van der Waals surface area contributed by atoms with Gasteiger partial charge in [0.1, 0.15) is 15.0 Å². The third-order valence-corrected chi connectivity index (χ3v) is 5.56. The summed E-state index contributed by atoms with van der Waals surface area (Å²) in [6.07, 6.45) is 4.21. The number of halogens is 1. The van der Waals surface area contributed by atoms with Crippen LogP contribution < -0.4 is 0 Å². The Bertz CT molecular complexity index is 598. The molecule has 0 amide bonds. The highest BCUT2D eigenvalue weighted by Crippen LogP contribution is 2.25. The van der Waals surface area contributed by atoms with E-state index in [4.69, 9.17) is 11.6 Å². The lowest BCUT2D eigenvalue weighted by Gasteiger charge is -2.32. The summed E-state index contributed by atoms with van der Waals surface area (Å²) in [7, 11) is -1.05. The maximum absolute atomic E-state index is 11.5. The van der Waals surface area contributed by atoms with Crippen molar-refractivity contribution in [3.8, 4) is 0 Å². The molecule has 0 aromatic carbocycles. The molecule has 1 aliphatic heterocycles.